The maximum atomic E-state index is 13.2. The van der Waals surface area contributed by atoms with Gasteiger partial charge in [0.25, 0.3) is 0 Å². The van der Waals surface area contributed by atoms with Crippen LogP contribution in [-0.2, 0) is 38.7 Å². The lowest BCUT2D eigenvalue weighted by atomic mass is 10.0. The standard InChI is InChI=1S/C34H38Cl2N2O6/c1-34(2,3)44-33(42)30-17-14-24(38(30)20-23-8-5-4-6-9-23)19-31(39)37-29(32(40)41)18-22-12-15-25(16-13-22)43-21-26-27(35)10-7-11-28(26)36/h4-13,15-16,24,29-30H,14,17-21H2,1-3H3,(H,37,39)(H,40,41)/t24-,29?,30+/m1/s1. The van der Waals surface area contributed by atoms with E-state index in [1.54, 1.807) is 42.5 Å². The summed E-state index contributed by atoms with van der Waals surface area (Å²) in [6.45, 7) is 6.14. The molecule has 8 nitrogen and oxygen atoms in total. The van der Waals surface area contributed by atoms with Crippen molar-refractivity contribution in [2.45, 2.75) is 83.3 Å². The van der Waals surface area contributed by atoms with Crippen molar-refractivity contribution in [2.75, 3.05) is 0 Å². The molecule has 4 rings (SSSR count). The Morgan fingerprint density at radius 3 is 2.20 bits per heavy atom. The number of nitrogens with zero attached hydrogens (tertiary/aromatic N) is 1. The largest absolute Gasteiger partial charge is 0.489 e. The van der Waals surface area contributed by atoms with Crippen molar-refractivity contribution in [3.8, 4) is 5.75 Å². The van der Waals surface area contributed by atoms with Gasteiger partial charge >= 0.3 is 11.9 Å². The van der Waals surface area contributed by atoms with Gasteiger partial charge < -0.3 is 19.9 Å². The molecular weight excluding hydrogens is 603 g/mol. The highest BCUT2D eigenvalue weighted by atomic mass is 35.5. The molecule has 1 saturated heterocycles. The molecule has 0 bridgehead atoms. The van der Waals surface area contributed by atoms with Gasteiger partial charge in [-0.05, 0) is 69.0 Å². The summed E-state index contributed by atoms with van der Waals surface area (Å²) in [5.41, 5.74) is 1.78. The molecule has 0 saturated carbocycles. The average Bonchev–Trinajstić information content (AvgIpc) is 3.34. The maximum absolute atomic E-state index is 13.2. The molecule has 44 heavy (non-hydrogen) atoms. The van der Waals surface area contributed by atoms with Gasteiger partial charge in [0.05, 0.1) is 0 Å². The van der Waals surface area contributed by atoms with Crippen LogP contribution < -0.4 is 10.1 Å². The van der Waals surface area contributed by atoms with E-state index in [1.165, 1.54) is 0 Å². The molecule has 3 aromatic carbocycles. The number of hydrogen-bond acceptors (Lipinski definition) is 6. The van der Waals surface area contributed by atoms with Crippen LogP contribution in [0.5, 0.6) is 5.75 Å². The molecule has 1 unspecified atom stereocenters. The zero-order valence-corrected chi connectivity index (χ0v) is 26.6. The van der Waals surface area contributed by atoms with Crippen molar-refractivity contribution in [3.05, 3.63) is 99.5 Å². The summed E-state index contributed by atoms with van der Waals surface area (Å²) < 4.78 is 11.5. The van der Waals surface area contributed by atoms with E-state index in [-0.39, 0.29) is 37.4 Å². The molecule has 1 fully saturated rings. The quantitative estimate of drug-likeness (QED) is 0.219. The van der Waals surface area contributed by atoms with Crippen LogP contribution in [0.15, 0.2) is 72.8 Å². The van der Waals surface area contributed by atoms with Crippen molar-refractivity contribution in [1.82, 2.24) is 10.2 Å². The van der Waals surface area contributed by atoms with E-state index in [0.717, 1.165) is 11.1 Å². The maximum Gasteiger partial charge on any atom is 0.326 e. The predicted octanol–water partition coefficient (Wildman–Crippen LogP) is 6.45. The van der Waals surface area contributed by atoms with E-state index < -0.39 is 23.7 Å². The highest BCUT2D eigenvalue weighted by molar-refractivity contribution is 6.35. The topological polar surface area (TPSA) is 105 Å². The van der Waals surface area contributed by atoms with Gasteiger partial charge in [-0.3, -0.25) is 14.5 Å². The fourth-order valence-electron chi connectivity index (χ4n) is 5.26. The molecule has 234 valence electrons. The molecule has 1 aliphatic rings. The smallest absolute Gasteiger partial charge is 0.326 e. The normalized spacial score (nSPS) is 17.6. The van der Waals surface area contributed by atoms with Gasteiger partial charge in [0.15, 0.2) is 0 Å². The van der Waals surface area contributed by atoms with Crippen LogP contribution in [0.1, 0.15) is 56.7 Å². The van der Waals surface area contributed by atoms with Gasteiger partial charge in [-0.15, -0.1) is 0 Å². The fourth-order valence-corrected chi connectivity index (χ4v) is 5.77. The van der Waals surface area contributed by atoms with Crippen molar-refractivity contribution < 1.29 is 29.0 Å². The molecule has 1 heterocycles. The third-order valence-electron chi connectivity index (χ3n) is 7.39. The molecular formula is C34H38Cl2N2O6. The van der Waals surface area contributed by atoms with Gasteiger partial charge in [-0.25, -0.2) is 4.79 Å². The number of nitrogens with one attached hydrogen (secondary N) is 1. The Labute approximate surface area is 268 Å². The first-order valence-corrected chi connectivity index (χ1v) is 15.3. The number of carboxylic acids is 1. The SMILES string of the molecule is CC(C)(C)OC(=O)[C@@H]1CC[C@H](CC(=O)NC(Cc2ccc(OCc3c(Cl)cccc3Cl)cc2)C(=O)O)N1Cc1ccccc1. The van der Waals surface area contributed by atoms with Crippen molar-refractivity contribution in [1.29, 1.82) is 0 Å². The summed E-state index contributed by atoms with van der Waals surface area (Å²) in [5, 5.41) is 13.6. The molecule has 3 aromatic rings. The summed E-state index contributed by atoms with van der Waals surface area (Å²) in [4.78, 5) is 40.4. The summed E-state index contributed by atoms with van der Waals surface area (Å²) in [6.07, 6.45) is 1.33. The molecule has 1 aliphatic heterocycles. The van der Waals surface area contributed by atoms with Crippen LogP contribution in [0.25, 0.3) is 0 Å². The van der Waals surface area contributed by atoms with E-state index in [0.29, 0.717) is 40.7 Å². The highest BCUT2D eigenvalue weighted by Gasteiger charge is 2.41. The lowest BCUT2D eigenvalue weighted by Gasteiger charge is -2.31. The minimum Gasteiger partial charge on any atom is -0.489 e. The third-order valence-corrected chi connectivity index (χ3v) is 8.10. The second kappa shape index (κ2) is 14.9. The molecule has 10 heteroatoms. The van der Waals surface area contributed by atoms with E-state index >= 15 is 0 Å². The number of carbonyl (C=O) groups excluding carboxylic acids is 2. The average molecular weight is 642 g/mol. The number of carboxylic acid groups (broad SMARTS) is 1. The van der Waals surface area contributed by atoms with Crippen LogP contribution in [0.4, 0.5) is 0 Å². The second-order valence-electron chi connectivity index (χ2n) is 11.9. The number of ether oxygens (including phenoxy) is 2. The van der Waals surface area contributed by atoms with E-state index in [9.17, 15) is 19.5 Å². The van der Waals surface area contributed by atoms with Gasteiger partial charge in [0.1, 0.15) is 30.0 Å². The van der Waals surface area contributed by atoms with Crippen LogP contribution in [-0.4, -0.2) is 51.6 Å². The van der Waals surface area contributed by atoms with E-state index in [2.05, 4.69) is 5.32 Å². The Balaban J connectivity index is 1.37. The molecule has 0 spiro atoms. The molecule has 0 aromatic heterocycles. The molecule has 0 radical (unpaired) electrons. The van der Waals surface area contributed by atoms with Gasteiger partial charge in [0, 0.05) is 41.0 Å². The minimum atomic E-state index is -1.13. The Hall–Kier alpha value is -3.59. The number of rotatable bonds is 12. The number of hydrogen-bond donors (Lipinski definition) is 2. The van der Waals surface area contributed by atoms with Crippen LogP contribution in [0, 0.1) is 0 Å². The number of aliphatic carboxylic acids is 1. The molecule has 3 atom stereocenters. The fraction of sp³-hybridized carbons (Fsp3) is 0.382. The number of carbonyl (C=O) groups is 3. The van der Waals surface area contributed by atoms with E-state index in [4.69, 9.17) is 32.7 Å². The van der Waals surface area contributed by atoms with E-state index in [1.807, 2.05) is 56.0 Å². The number of benzene rings is 3. The van der Waals surface area contributed by atoms with Crippen LogP contribution in [0.2, 0.25) is 10.0 Å². The monoisotopic (exact) mass is 640 g/mol. The Morgan fingerprint density at radius 2 is 1.59 bits per heavy atom. The first kappa shape index (κ1) is 33.3. The Kier molecular flexibility index (Phi) is 11.3. The second-order valence-corrected chi connectivity index (χ2v) is 12.8. The van der Waals surface area contributed by atoms with Crippen LogP contribution in [0.3, 0.4) is 0 Å². The first-order chi connectivity index (χ1) is 20.9. The van der Waals surface area contributed by atoms with Gasteiger partial charge in [0.2, 0.25) is 5.91 Å². The molecule has 0 aliphatic carbocycles. The minimum absolute atomic E-state index is 0.0628. The third kappa shape index (κ3) is 9.45. The Morgan fingerprint density at radius 1 is 0.932 bits per heavy atom. The lowest BCUT2D eigenvalue weighted by molar-refractivity contribution is -0.161. The van der Waals surface area contributed by atoms with Crippen molar-refractivity contribution in [2.24, 2.45) is 0 Å². The lowest BCUT2D eigenvalue weighted by Crippen LogP contribution is -2.47. The summed E-state index contributed by atoms with van der Waals surface area (Å²) in [7, 11) is 0. The summed E-state index contributed by atoms with van der Waals surface area (Å²) >= 11 is 12.4. The van der Waals surface area contributed by atoms with Gasteiger partial charge in [-0.1, -0.05) is 71.7 Å². The highest BCUT2D eigenvalue weighted by Crippen LogP contribution is 2.31. The zero-order chi connectivity index (χ0) is 31.9. The number of esters is 1. The number of amides is 1. The van der Waals surface area contributed by atoms with Crippen molar-refractivity contribution >= 4 is 41.0 Å². The molecule has 1 amide bonds. The number of likely N-dealkylation sites (tertiary alicyclic amines) is 1. The molecule has 2 N–H and O–H groups in total. The van der Waals surface area contributed by atoms with Gasteiger partial charge in [-0.2, -0.15) is 0 Å². The first-order valence-electron chi connectivity index (χ1n) is 14.6. The van der Waals surface area contributed by atoms with Crippen LogP contribution >= 0.6 is 23.2 Å². The predicted molar refractivity (Wildman–Crippen MR) is 170 cm³/mol. The summed E-state index contributed by atoms with van der Waals surface area (Å²) in [6, 6.07) is 20.1. The number of halogens is 2. The van der Waals surface area contributed by atoms with Crippen molar-refractivity contribution in [3.63, 3.8) is 0 Å². The zero-order valence-electron chi connectivity index (χ0n) is 25.1. The Bertz CT molecular complexity index is 1420. The summed E-state index contributed by atoms with van der Waals surface area (Å²) in [5.74, 6) is -1.27.